The number of carbonyl (C=O) groups excluding carboxylic acids is 1. The van der Waals surface area contributed by atoms with Crippen molar-refractivity contribution in [2.24, 2.45) is 0 Å². The number of fused-ring (bicyclic) bond motifs is 1. The molecule has 0 fully saturated rings. The summed E-state index contributed by atoms with van der Waals surface area (Å²) in [5, 5.41) is 14.7. The molecule has 5 nitrogen and oxygen atoms in total. The van der Waals surface area contributed by atoms with Gasteiger partial charge in [-0.25, -0.2) is 0 Å². The van der Waals surface area contributed by atoms with Crippen molar-refractivity contribution in [3.8, 4) is 5.75 Å². The first kappa shape index (κ1) is 16.3. The van der Waals surface area contributed by atoms with Gasteiger partial charge < -0.3 is 15.4 Å². The fourth-order valence-corrected chi connectivity index (χ4v) is 3.34. The van der Waals surface area contributed by atoms with Crippen LogP contribution in [0.2, 0.25) is 0 Å². The summed E-state index contributed by atoms with van der Waals surface area (Å²) in [5.74, 6) is -0.897. The average Bonchev–Trinajstić information content (AvgIpc) is 3.03. The molecular weight excluding hydrogens is 324 g/mol. The number of thiophene rings is 1. The number of hydrogen-bond acceptors (Lipinski definition) is 4. The molecule has 6 heteroatoms. The molecule has 2 aromatic heterocycles. The zero-order chi connectivity index (χ0) is 17.1. The zero-order valence-electron chi connectivity index (χ0n) is 13.3. The standard InChI is InChI=1S/C18H18N2O3S/c1-2-3-4-11-5-7-12(8-6-11)19-17(22)14-15(21)16-13(9-10-24-16)20-18(14)23/h5-10H,2-4H2,1H3,(H,19,22)(H2,20,21,23). The number of anilines is 1. The summed E-state index contributed by atoms with van der Waals surface area (Å²) in [4.78, 5) is 27.1. The Bertz CT molecular complexity index is 926. The third-order valence-corrected chi connectivity index (χ3v) is 4.77. The van der Waals surface area contributed by atoms with Gasteiger partial charge in [0.25, 0.3) is 11.5 Å². The van der Waals surface area contributed by atoms with Crippen molar-refractivity contribution in [3.63, 3.8) is 0 Å². The highest BCUT2D eigenvalue weighted by molar-refractivity contribution is 7.17. The molecule has 1 amide bonds. The number of hydrogen-bond donors (Lipinski definition) is 3. The lowest BCUT2D eigenvalue weighted by molar-refractivity contribution is 0.102. The highest BCUT2D eigenvalue weighted by Crippen LogP contribution is 2.29. The second kappa shape index (κ2) is 6.88. The first-order chi connectivity index (χ1) is 11.6. The summed E-state index contributed by atoms with van der Waals surface area (Å²) in [6.07, 6.45) is 3.25. The molecule has 0 spiro atoms. The van der Waals surface area contributed by atoms with E-state index in [9.17, 15) is 14.7 Å². The number of benzene rings is 1. The Morgan fingerprint density at radius 3 is 2.71 bits per heavy atom. The van der Waals surface area contributed by atoms with E-state index in [2.05, 4.69) is 17.2 Å². The van der Waals surface area contributed by atoms with E-state index in [1.807, 2.05) is 12.1 Å². The van der Waals surface area contributed by atoms with Crippen molar-refractivity contribution >= 4 is 33.1 Å². The van der Waals surface area contributed by atoms with E-state index in [1.54, 1.807) is 23.6 Å². The lowest BCUT2D eigenvalue weighted by Gasteiger charge is -2.08. The van der Waals surface area contributed by atoms with Gasteiger partial charge in [-0.1, -0.05) is 25.5 Å². The molecule has 0 aliphatic rings. The number of aryl methyl sites for hydroxylation is 1. The molecule has 1 aromatic carbocycles. The van der Waals surface area contributed by atoms with Crippen LogP contribution in [-0.4, -0.2) is 16.0 Å². The normalized spacial score (nSPS) is 10.9. The zero-order valence-corrected chi connectivity index (χ0v) is 14.1. The Kier molecular flexibility index (Phi) is 4.66. The molecule has 2 heterocycles. The third-order valence-electron chi connectivity index (χ3n) is 3.85. The fraction of sp³-hybridized carbons (Fsp3) is 0.222. The van der Waals surface area contributed by atoms with E-state index in [0.29, 0.717) is 15.9 Å². The van der Waals surface area contributed by atoms with Crippen LogP contribution in [0.1, 0.15) is 35.7 Å². The second-order valence-corrected chi connectivity index (χ2v) is 6.51. The molecule has 124 valence electrons. The smallest absolute Gasteiger partial charge is 0.265 e. The predicted molar refractivity (Wildman–Crippen MR) is 97.1 cm³/mol. The monoisotopic (exact) mass is 342 g/mol. The van der Waals surface area contributed by atoms with E-state index in [0.717, 1.165) is 19.3 Å². The summed E-state index contributed by atoms with van der Waals surface area (Å²) in [5.41, 5.74) is 1.45. The molecule has 0 bridgehead atoms. The van der Waals surface area contributed by atoms with Gasteiger partial charge in [0, 0.05) is 5.69 Å². The van der Waals surface area contributed by atoms with Gasteiger partial charge in [-0.2, -0.15) is 0 Å². The van der Waals surface area contributed by atoms with Gasteiger partial charge in [0.05, 0.1) is 10.2 Å². The number of aromatic nitrogens is 1. The molecule has 3 N–H and O–H groups in total. The quantitative estimate of drug-likeness (QED) is 0.658. The number of carbonyl (C=O) groups is 1. The van der Waals surface area contributed by atoms with Crippen molar-refractivity contribution in [1.29, 1.82) is 0 Å². The number of aromatic hydroxyl groups is 1. The van der Waals surface area contributed by atoms with Crippen molar-refractivity contribution in [2.75, 3.05) is 5.32 Å². The maximum absolute atomic E-state index is 12.4. The van der Waals surface area contributed by atoms with E-state index in [-0.39, 0.29) is 11.3 Å². The molecule has 0 unspecified atom stereocenters. The maximum Gasteiger partial charge on any atom is 0.265 e. The van der Waals surface area contributed by atoms with Gasteiger partial charge in [-0.3, -0.25) is 9.59 Å². The summed E-state index contributed by atoms with van der Waals surface area (Å²) in [6, 6.07) is 9.21. The van der Waals surface area contributed by atoms with E-state index in [1.165, 1.54) is 16.9 Å². The number of pyridine rings is 1. The number of unbranched alkanes of at least 4 members (excludes halogenated alkanes) is 1. The van der Waals surface area contributed by atoms with E-state index < -0.39 is 11.5 Å². The number of nitrogens with one attached hydrogen (secondary N) is 2. The van der Waals surface area contributed by atoms with Crippen LogP contribution in [0.5, 0.6) is 5.75 Å². The molecule has 0 aliphatic carbocycles. The van der Waals surface area contributed by atoms with Gasteiger partial charge in [-0.05, 0) is 42.0 Å². The largest absolute Gasteiger partial charge is 0.505 e. The number of amides is 1. The number of H-pyrrole nitrogens is 1. The Morgan fingerprint density at radius 1 is 1.25 bits per heavy atom. The first-order valence-electron chi connectivity index (χ1n) is 7.83. The van der Waals surface area contributed by atoms with Crippen molar-refractivity contribution in [2.45, 2.75) is 26.2 Å². The van der Waals surface area contributed by atoms with Crippen LogP contribution >= 0.6 is 11.3 Å². The Labute approximate surface area is 143 Å². The molecule has 0 saturated heterocycles. The minimum Gasteiger partial charge on any atom is -0.505 e. The van der Waals surface area contributed by atoms with E-state index in [4.69, 9.17) is 0 Å². The van der Waals surface area contributed by atoms with Gasteiger partial charge in [0.1, 0.15) is 5.56 Å². The van der Waals surface area contributed by atoms with Gasteiger partial charge in [-0.15, -0.1) is 11.3 Å². The topological polar surface area (TPSA) is 82.2 Å². The highest BCUT2D eigenvalue weighted by atomic mass is 32.1. The lowest BCUT2D eigenvalue weighted by Crippen LogP contribution is -2.23. The first-order valence-corrected chi connectivity index (χ1v) is 8.71. The van der Waals surface area contributed by atoms with E-state index >= 15 is 0 Å². The Balaban J connectivity index is 1.83. The molecular formula is C18H18N2O3S. The van der Waals surface area contributed by atoms with Crippen LogP contribution in [0.25, 0.3) is 10.2 Å². The molecule has 0 saturated carbocycles. The summed E-state index contributed by atoms with van der Waals surface area (Å²) >= 11 is 1.27. The van der Waals surface area contributed by atoms with Crippen LogP contribution in [0, 0.1) is 0 Å². The molecule has 3 aromatic rings. The molecule has 24 heavy (non-hydrogen) atoms. The summed E-state index contributed by atoms with van der Waals surface area (Å²) in [7, 11) is 0. The Hall–Kier alpha value is -2.60. The van der Waals surface area contributed by atoms with Crippen LogP contribution in [0.4, 0.5) is 5.69 Å². The third kappa shape index (κ3) is 3.19. The minimum absolute atomic E-state index is 0.264. The predicted octanol–water partition coefficient (Wildman–Crippen LogP) is 3.89. The molecule has 0 aliphatic heterocycles. The van der Waals surface area contributed by atoms with Crippen LogP contribution in [-0.2, 0) is 6.42 Å². The SMILES string of the molecule is CCCCc1ccc(NC(=O)c2c(O)c3sccc3[nH]c2=O)cc1. The summed E-state index contributed by atoms with van der Waals surface area (Å²) < 4.78 is 0.495. The lowest BCUT2D eigenvalue weighted by atomic mass is 10.1. The van der Waals surface area contributed by atoms with Crippen LogP contribution in [0.15, 0.2) is 40.5 Å². The van der Waals surface area contributed by atoms with Crippen molar-refractivity contribution in [3.05, 3.63) is 57.2 Å². The van der Waals surface area contributed by atoms with Gasteiger partial charge >= 0.3 is 0 Å². The maximum atomic E-state index is 12.4. The highest BCUT2D eigenvalue weighted by Gasteiger charge is 2.19. The second-order valence-electron chi connectivity index (χ2n) is 5.60. The average molecular weight is 342 g/mol. The van der Waals surface area contributed by atoms with Crippen molar-refractivity contribution in [1.82, 2.24) is 4.98 Å². The van der Waals surface area contributed by atoms with Crippen LogP contribution < -0.4 is 10.9 Å². The number of aromatic amines is 1. The molecule has 0 atom stereocenters. The van der Waals surface area contributed by atoms with Crippen molar-refractivity contribution < 1.29 is 9.90 Å². The minimum atomic E-state index is -0.620. The fourth-order valence-electron chi connectivity index (χ4n) is 2.54. The van der Waals surface area contributed by atoms with Gasteiger partial charge in [0.2, 0.25) is 0 Å². The molecule has 3 rings (SSSR count). The van der Waals surface area contributed by atoms with Gasteiger partial charge in [0.15, 0.2) is 5.75 Å². The number of rotatable bonds is 5. The van der Waals surface area contributed by atoms with Crippen LogP contribution in [0.3, 0.4) is 0 Å². The Morgan fingerprint density at radius 2 is 2.00 bits per heavy atom. The molecule has 0 radical (unpaired) electrons. The summed E-state index contributed by atoms with van der Waals surface area (Å²) in [6.45, 7) is 2.14.